The van der Waals surface area contributed by atoms with Crippen LogP contribution in [-0.2, 0) is 14.3 Å². The first-order chi connectivity index (χ1) is 11.5. The number of hydrogen-bond donors (Lipinski definition) is 1. The molecule has 0 spiro atoms. The third-order valence-corrected chi connectivity index (χ3v) is 4.27. The standard InChI is InChI=1S/C18H26N2O4/c1-4-24-15-8-6-14(7-9-15)20-16(21)10-11-18(20,2)17(22)19-12-5-13-23-3/h6-9H,4-5,10-13H2,1-3H3,(H,19,22)/t18-/m0/s1. The Morgan fingerprint density at radius 2 is 2.04 bits per heavy atom. The number of nitrogens with zero attached hydrogens (tertiary/aromatic N) is 1. The van der Waals surface area contributed by atoms with E-state index in [2.05, 4.69) is 5.32 Å². The average molecular weight is 334 g/mol. The lowest BCUT2D eigenvalue weighted by molar-refractivity contribution is -0.127. The van der Waals surface area contributed by atoms with Crippen LogP contribution in [-0.4, -0.2) is 44.2 Å². The monoisotopic (exact) mass is 334 g/mol. The molecule has 1 fully saturated rings. The van der Waals surface area contributed by atoms with Crippen molar-refractivity contribution in [3.05, 3.63) is 24.3 Å². The fourth-order valence-electron chi connectivity index (χ4n) is 2.96. The van der Waals surface area contributed by atoms with Gasteiger partial charge in [0.05, 0.1) is 6.61 Å². The molecule has 6 heteroatoms. The number of anilines is 1. The molecule has 1 aromatic rings. The SMILES string of the molecule is CCOc1ccc(N2C(=O)CC[C@@]2(C)C(=O)NCCCOC)cc1. The van der Waals surface area contributed by atoms with Gasteiger partial charge in [0.15, 0.2) is 0 Å². The lowest BCUT2D eigenvalue weighted by atomic mass is 9.97. The van der Waals surface area contributed by atoms with E-state index in [4.69, 9.17) is 9.47 Å². The molecule has 6 nitrogen and oxygen atoms in total. The highest BCUT2D eigenvalue weighted by atomic mass is 16.5. The van der Waals surface area contributed by atoms with E-state index in [0.29, 0.717) is 32.6 Å². The summed E-state index contributed by atoms with van der Waals surface area (Å²) in [6.45, 7) is 5.46. The third-order valence-electron chi connectivity index (χ3n) is 4.27. The number of methoxy groups -OCH3 is 1. The van der Waals surface area contributed by atoms with Crippen LogP contribution in [0.1, 0.15) is 33.1 Å². The van der Waals surface area contributed by atoms with E-state index in [0.717, 1.165) is 17.9 Å². The maximum atomic E-state index is 12.7. The molecule has 1 N–H and O–H groups in total. The van der Waals surface area contributed by atoms with E-state index in [9.17, 15) is 9.59 Å². The molecular formula is C18H26N2O4. The summed E-state index contributed by atoms with van der Waals surface area (Å²) in [7, 11) is 1.63. The van der Waals surface area contributed by atoms with Crippen LogP contribution >= 0.6 is 0 Å². The fourth-order valence-corrected chi connectivity index (χ4v) is 2.96. The number of hydrogen-bond acceptors (Lipinski definition) is 4. The molecule has 1 atom stereocenters. The Morgan fingerprint density at radius 1 is 1.33 bits per heavy atom. The Kier molecular flexibility index (Phi) is 6.20. The van der Waals surface area contributed by atoms with Gasteiger partial charge in [0, 0.05) is 32.4 Å². The van der Waals surface area contributed by atoms with Crippen LogP contribution in [0.2, 0.25) is 0 Å². The molecule has 2 rings (SSSR count). The van der Waals surface area contributed by atoms with Crippen molar-refractivity contribution in [2.45, 2.75) is 38.6 Å². The number of benzene rings is 1. The highest BCUT2D eigenvalue weighted by Gasteiger charge is 2.47. The zero-order valence-electron chi connectivity index (χ0n) is 14.6. The largest absolute Gasteiger partial charge is 0.494 e. The second kappa shape index (κ2) is 8.15. The molecule has 0 radical (unpaired) electrons. The van der Waals surface area contributed by atoms with Crippen molar-refractivity contribution >= 4 is 17.5 Å². The summed E-state index contributed by atoms with van der Waals surface area (Å²) in [5.41, 5.74) is -0.146. The topological polar surface area (TPSA) is 67.9 Å². The van der Waals surface area contributed by atoms with E-state index >= 15 is 0 Å². The highest BCUT2D eigenvalue weighted by molar-refractivity contribution is 6.06. The number of carbonyl (C=O) groups is 2. The van der Waals surface area contributed by atoms with Crippen LogP contribution in [0.5, 0.6) is 5.75 Å². The minimum atomic E-state index is -0.864. The van der Waals surface area contributed by atoms with Gasteiger partial charge < -0.3 is 14.8 Å². The number of ether oxygens (including phenoxy) is 2. The number of nitrogens with one attached hydrogen (secondary N) is 1. The molecular weight excluding hydrogens is 308 g/mol. The van der Waals surface area contributed by atoms with Crippen molar-refractivity contribution in [1.82, 2.24) is 5.32 Å². The Hall–Kier alpha value is -2.08. The summed E-state index contributed by atoms with van der Waals surface area (Å²) in [6, 6.07) is 7.29. The Morgan fingerprint density at radius 3 is 2.67 bits per heavy atom. The van der Waals surface area contributed by atoms with Crippen molar-refractivity contribution in [3.63, 3.8) is 0 Å². The molecule has 1 heterocycles. The minimum absolute atomic E-state index is 0.0336. The van der Waals surface area contributed by atoms with Crippen molar-refractivity contribution in [3.8, 4) is 5.75 Å². The van der Waals surface area contributed by atoms with Crippen molar-refractivity contribution in [2.75, 3.05) is 31.8 Å². The first-order valence-corrected chi connectivity index (χ1v) is 8.36. The van der Waals surface area contributed by atoms with E-state index < -0.39 is 5.54 Å². The van der Waals surface area contributed by atoms with Crippen LogP contribution in [0.3, 0.4) is 0 Å². The van der Waals surface area contributed by atoms with Gasteiger partial charge in [0.25, 0.3) is 0 Å². The van der Waals surface area contributed by atoms with Gasteiger partial charge in [-0.15, -0.1) is 0 Å². The zero-order chi connectivity index (χ0) is 17.6. The average Bonchev–Trinajstić information content (AvgIpc) is 2.89. The lowest BCUT2D eigenvalue weighted by Gasteiger charge is -2.34. The second-order valence-electron chi connectivity index (χ2n) is 6.03. The van der Waals surface area contributed by atoms with Gasteiger partial charge in [-0.25, -0.2) is 0 Å². The summed E-state index contributed by atoms with van der Waals surface area (Å²) in [5, 5.41) is 2.91. The molecule has 1 aromatic carbocycles. The molecule has 2 amide bonds. The number of rotatable bonds is 8. The van der Waals surface area contributed by atoms with Gasteiger partial charge >= 0.3 is 0 Å². The van der Waals surface area contributed by atoms with E-state index in [1.165, 1.54) is 0 Å². The fraction of sp³-hybridized carbons (Fsp3) is 0.556. The Labute approximate surface area is 143 Å². The summed E-state index contributed by atoms with van der Waals surface area (Å²) in [5.74, 6) is 0.589. The molecule has 1 saturated heterocycles. The normalized spacial score (nSPS) is 20.3. The van der Waals surface area contributed by atoms with Gasteiger partial charge in [0.2, 0.25) is 11.8 Å². The molecule has 1 aliphatic heterocycles. The Balaban J connectivity index is 2.13. The van der Waals surface area contributed by atoms with E-state index in [1.807, 2.05) is 38.1 Å². The smallest absolute Gasteiger partial charge is 0.246 e. The second-order valence-corrected chi connectivity index (χ2v) is 6.03. The van der Waals surface area contributed by atoms with Gasteiger partial charge in [-0.3, -0.25) is 14.5 Å². The number of carbonyl (C=O) groups excluding carboxylic acids is 2. The molecule has 24 heavy (non-hydrogen) atoms. The highest BCUT2D eigenvalue weighted by Crippen LogP contribution is 2.35. The zero-order valence-corrected chi connectivity index (χ0v) is 14.6. The third kappa shape index (κ3) is 3.87. The summed E-state index contributed by atoms with van der Waals surface area (Å²) < 4.78 is 10.4. The summed E-state index contributed by atoms with van der Waals surface area (Å²) >= 11 is 0. The molecule has 0 unspecified atom stereocenters. The Bertz CT molecular complexity index is 573. The van der Waals surface area contributed by atoms with Gasteiger partial charge in [0.1, 0.15) is 11.3 Å². The number of amides is 2. The maximum Gasteiger partial charge on any atom is 0.246 e. The van der Waals surface area contributed by atoms with Gasteiger partial charge in [-0.2, -0.15) is 0 Å². The molecule has 0 bridgehead atoms. The lowest BCUT2D eigenvalue weighted by Crippen LogP contribution is -2.55. The molecule has 0 aliphatic carbocycles. The predicted molar refractivity (Wildman–Crippen MR) is 92.2 cm³/mol. The minimum Gasteiger partial charge on any atom is -0.494 e. The van der Waals surface area contributed by atoms with Crippen molar-refractivity contribution in [1.29, 1.82) is 0 Å². The van der Waals surface area contributed by atoms with Crippen LogP contribution < -0.4 is 15.0 Å². The van der Waals surface area contributed by atoms with Crippen molar-refractivity contribution < 1.29 is 19.1 Å². The predicted octanol–water partition coefficient (Wildman–Crippen LogP) is 2.12. The first-order valence-electron chi connectivity index (χ1n) is 8.36. The van der Waals surface area contributed by atoms with Crippen LogP contribution in [0.4, 0.5) is 5.69 Å². The molecule has 1 aliphatic rings. The van der Waals surface area contributed by atoms with Gasteiger partial charge in [-0.1, -0.05) is 0 Å². The molecule has 0 aromatic heterocycles. The van der Waals surface area contributed by atoms with E-state index in [-0.39, 0.29) is 11.8 Å². The maximum absolute atomic E-state index is 12.7. The first kappa shape index (κ1) is 18.3. The van der Waals surface area contributed by atoms with Crippen LogP contribution in [0.15, 0.2) is 24.3 Å². The van der Waals surface area contributed by atoms with Crippen LogP contribution in [0.25, 0.3) is 0 Å². The van der Waals surface area contributed by atoms with Gasteiger partial charge in [-0.05, 0) is 51.0 Å². The molecule has 0 saturated carbocycles. The summed E-state index contributed by atoms with van der Waals surface area (Å²) in [4.78, 5) is 26.6. The quantitative estimate of drug-likeness (QED) is 0.740. The van der Waals surface area contributed by atoms with Crippen LogP contribution in [0, 0.1) is 0 Å². The van der Waals surface area contributed by atoms with Crippen molar-refractivity contribution in [2.24, 2.45) is 0 Å². The summed E-state index contributed by atoms with van der Waals surface area (Å²) in [6.07, 6.45) is 1.62. The van der Waals surface area contributed by atoms with E-state index in [1.54, 1.807) is 12.0 Å². The molecule has 132 valence electrons.